The lowest BCUT2D eigenvalue weighted by Gasteiger charge is -2.29. The molecule has 0 aromatic carbocycles. The number of hydrogen-bond acceptors (Lipinski definition) is 5. The molecule has 1 aromatic heterocycles. The van der Waals surface area contributed by atoms with E-state index >= 15 is 0 Å². The number of nitrogens with zero attached hydrogens (tertiary/aromatic N) is 2. The first-order valence-corrected chi connectivity index (χ1v) is 7.65. The minimum Gasteiger partial charge on any atom is -0.371 e. The highest BCUT2D eigenvalue weighted by Gasteiger charge is 2.30. The van der Waals surface area contributed by atoms with Crippen molar-refractivity contribution in [2.45, 2.75) is 33.2 Å². The van der Waals surface area contributed by atoms with Gasteiger partial charge in [-0.05, 0) is 20.3 Å². The van der Waals surface area contributed by atoms with Crippen LogP contribution in [0.25, 0.3) is 0 Å². The zero-order chi connectivity index (χ0) is 17.9. The van der Waals surface area contributed by atoms with Gasteiger partial charge in [-0.1, -0.05) is 5.57 Å². The van der Waals surface area contributed by atoms with Crippen molar-refractivity contribution < 1.29 is 18.8 Å². The minimum atomic E-state index is -0.604. The molecule has 0 unspecified atom stereocenters. The van der Waals surface area contributed by atoms with E-state index in [0.717, 1.165) is 17.8 Å². The molecule has 0 saturated carbocycles. The van der Waals surface area contributed by atoms with Gasteiger partial charge in [0.15, 0.2) is 0 Å². The Morgan fingerprint density at radius 3 is 2.75 bits per heavy atom. The third-order valence-electron chi connectivity index (χ3n) is 3.93. The fraction of sp³-hybridized carbons (Fsp3) is 0.438. The van der Waals surface area contributed by atoms with Crippen molar-refractivity contribution in [3.8, 4) is 0 Å². The van der Waals surface area contributed by atoms with E-state index in [1.807, 2.05) is 0 Å². The molecule has 0 saturated heterocycles. The number of pyridine rings is 1. The van der Waals surface area contributed by atoms with Crippen LogP contribution in [0.2, 0.25) is 0 Å². The summed E-state index contributed by atoms with van der Waals surface area (Å²) in [5.41, 5.74) is 2.83. The van der Waals surface area contributed by atoms with Gasteiger partial charge >= 0.3 is 5.97 Å². The van der Waals surface area contributed by atoms with E-state index in [1.165, 1.54) is 16.5 Å². The summed E-state index contributed by atoms with van der Waals surface area (Å²) in [5, 5.41) is 0. The Morgan fingerprint density at radius 2 is 2.12 bits per heavy atom. The van der Waals surface area contributed by atoms with Gasteiger partial charge in [-0.2, -0.15) is 5.48 Å². The van der Waals surface area contributed by atoms with Crippen molar-refractivity contribution in [2.24, 2.45) is 0 Å². The summed E-state index contributed by atoms with van der Waals surface area (Å²) >= 11 is 0. The second kappa shape index (κ2) is 7.39. The largest absolute Gasteiger partial charge is 0.371 e. The first kappa shape index (κ1) is 17.9. The molecule has 1 aliphatic rings. The van der Waals surface area contributed by atoms with E-state index in [-0.39, 0.29) is 24.2 Å². The molecule has 0 bridgehead atoms. The molecule has 1 aliphatic heterocycles. The second-order valence-electron chi connectivity index (χ2n) is 5.46. The number of aromatic nitrogens is 1. The Labute approximate surface area is 138 Å². The van der Waals surface area contributed by atoms with Gasteiger partial charge in [0.1, 0.15) is 11.5 Å². The number of hydroxylamine groups is 1. The third kappa shape index (κ3) is 3.53. The molecule has 7 nitrogen and oxygen atoms in total. The molecule has 1 amide bonds. The van der Waals surface area contributed by atoms with E-state index in [1.54, 1.807) is 13.8 Å². The molecule has 0 atom stereocenters. The maximum atomic E-state index is 13.8. The smallest absolute Gasteiger partial charge is 0.329 e. The van der Waals surface area contributed by atoms with Crippen LogP contribution in [-0.2, 0) is 21.0 Å². The van der Waals surface area contributed by atoms with Crippen molar-refractivity contribution in [1.82, 2.24) is 10.0 Å². The molecule has 0 fully saturated rings. The summed E-state index contributed by atoms with van der Waals surface area (Å²) < 4.78 is 15.0. The van der Waals surface area contributed by atoms with Gasteiger partial charge in [0.05, 0.1) is 6.42 Å². The fourth-order valence-electron chi connectivity index (χ4n) is 2.64. The lowest BCUT2D eigenvalue weighted by molar-refractivity contribution is -0.149. The van der Waals surface area contributed by atoms with Crippen LogP contribution >= 0.6 is 0 Å². The molecule has 0 aliphatic carbocycles. The van der Waals surface area contributed by atoms with Crippen LogP contribution in [0.15, 0.2) is 28.2 Å². The Morgan fingerprint density at radius 1 is 1.42 bits per heavy atom. The van der Waals surface area contributed by atoms with Gasteiger partial charge in [0.2, 0.25) is 0 Å². The molecule has 24 heavy (non-hydrogen) atoms. The van der Waals surface area contributed by atoms with Crippen LogP contribution in [0, 0.1) is 5.82 Å². The summed E-state index contributed by atoms with van der Waals surface area (Å²) in [6.45, 7) is 4.03. The molecule has 1 N–H and O–H groups in total. The highest BCUT2D eigenvalue weighted by Crippen LogP contribution is 2.25. The molecule has 0 spiro atoms. The van der Waals surface area contributed by atoms with E-state index < -0.39 is 23.3 Å². The van der Waals surface area contributed by atoms with Gasteiger partial charge in [-0.15, -0.1) is 0 Å². The summed E-state index contributed by atoms with van der Waals surface area (Å²) in [6, 6.07) is 1.05. The summed E-state index contributed by atoms with van der Waals surface area (Å²) in [5.74, 6) is -1.67. The molecule has 2 heterocycles. The van der Waals surface area contributed by atoms with Gasteiger partial charge < -0.3 is 14.3 Å². The average Bonchev–Trinajstić information content (AvgIpc) is 2.54. The van der Waals surface area contributed by atoms with Crippen molar-refractivity contribution in [1.29, 1.82) is 0 Å². The first-order chi connectivity index (χ1) is 11.4. The molecule has 130 valence electrons. The average molecular weight is 337 g/mol. The minimum absolute atomic E-state index is 0.0196. The zero-order valence-electron chi connectivity index (χ0n) is 13.9. The Balaban J connectivity index is 2.38. The third-order valence-corrected chi connectivity index (χ3v) is 3.93. The SMILES string of the molecule is CCn1cc(F)cc(N2CCC(C)=C(CC(=O)ONC)C2=O)c1=O. The highest BCUT2D eigenvalue weighted by molar-refractivity contribution is 6.09. The summed E-state index contributed by atoms with van der Waals surface area (Å²) in [7, 11) is 1.44. The summed E-state index contributed by atoms with van der Waals surface area (Å²) in [6.07, 6.45) is 1.39. The van der Waals surface area contributed by atoms with Crippen LogP contribution in [0.4, 0.5) is 10.1 Å². The molecule has 2 rings (SSSR count). The number of carbonyl (C=O) groups is 2. The standard InChI is InChI=1S/C16H20FN3O4/c1-4-19-9-11(17)7-13(16(19)23)20-6-5-10(2)12(15(20)22)8-14(21)24-18-3/h7,9,18H,4-6,8H2,1-3H3. The first-order valence-electron chi connectivity index (χ1n) is 7.65. The van der Waals surface area contributed by atoms with Crippen LogP contribution in [0.5, 0.6) is 0 Å². The number of rotatable bonds is 5. The van der Waals surface area contributed by atoms with Gasteiger partial charge in [-0.25, -0.2) is 4.39 Å². The van der Waals surface area contributed by atoms with Crippen LogP contribution < -0.4 is 15.9 Å². The number of amides is 1. The normalized spacial score (nSPS) is 15.0. The number of anilines is 1. The van der Waals surface area contributed by atoms with Crippen LogP contribution in [-0.4, -0.2) is 30.0 Å². The number of hydrogen-bond donors (Lipinski definition) is 1. The van der Waals surface area contributed by atoms with E-state index in [4.69, 9.17) is 0 Å². The van der Waals surface area contributed by atoms with Crippen molar-refractivity contribution in [3.63, 3.8) is 0 Å². The Kier molecular flexibility index (Phi) is 5.50. The lowest BCUT2D eigenvalue weighted by atomic mass is 9.97. The fourth-order valence-corrected chi connectivity index (χ4v) is 2.64. The van der Waals surface area contributed by atoms with Gasteiger partial charge in [0.25, 0.3) is 11.5 Å². The van der Waals surface area contributed by atoms with E-state index in [2.05, 4.69) is 10.3 Å². The van der Waals surface area contributed by atoms with Crippen molar-refractivity contribution >= 4 is 17.6 Å². The Bertz CT molecular complexity index is 754. The highest BCUT2D eigenvalue weighted by atomic mass is 19.1. The monoisotopic (exact) mass is 337 g/mol. The van der Waals surface area contributed by atoms with E-state index in [9.17, 15) is 18.8 Å². The Hall–Kier alpha value is -2.48. The van der Waals surface area contributed by atoms with Crippen LogP contribution in [0.1, 0.15) is 26.7 Å². The maximum Gasteiger partial charge on any atom is 0.329 e. The topological polar surface area (TPSA) is 80.6 Å². The molecule has 8 heteroatoms. The quantitative estimate of drug-likeness (QED) is 0.815. The zero-order valence-corrected chi connectivity index (χ0v) is 13.9. The van der Waals surface area contributed by atoms with Gasteiger partial charge in [-0.3, -0.25) is 14.4 Å². The molecular weight excluding hydrogens is 317 g/mol. The second-order valence-corrected chi connectivity index (χ2v) is 5.46. The number of aryl methyl sites for hydroxylation is 1. The predicted octanol–water partition coefficient (Wildman–Crippen LogP) is 1.13. The van der Waals surface area contributed by atoms with Crippen LogP contribution in [0.3, 0.4) is 0 Å². The maximum absolute atomic E-state index is 13.8. The van der Waals surface area contributed by atoms with Crippen molar-refractivity contribution in [2.75, 3.05) is 18.5 Å². The number of halogens is 1. The lowest BCUT2D eigenvalue weighted by Crippen LogP contribution is -2.42. The molecule has 0 radical (unpaired) electrons. The predicted molar refractivity (Wildman–Crippen MR) is 85.8 cm³/mol. The number of carbonyl (C=O) groups excluding carboxylic acids is 2. The van der Waals surface area contributed by atoms with Gasteiger partial charge in [0, 0.05) is 38.0 Å². The van der Waals surface area contributed by atoms with E-state index in [0.29, 0.717) is 13.0 Å². The summed E-state index contributed by atoms with van der Waals surface area (Å²) in [4.78, 5) is 42.6. The number of nitrogens with one attached hydrogen (secondary N) is 1. The molecular formula is C16H20FN3O4. The molecule has 1 aromatic rings. The van der Waals surface area contributed by atoms with Crippen molar-refractivity contribution in [3.05, 3.63) is 39.6 Å².